The number of hydrogen-bond acceptors (Lipinski definition) is 12. The Hall–Kier alpha value is -3.21. The fourth-order valence-corrected chi connectivity index (χ4v) is 4.30. The van der Waals surface area contributed by atoms with Crippen molar-refractivity contribution in [3.05, 3.63) is 55.2 Å². The van der Waals surface area contributed by atoms with Gasteiger partial charge in [0.05, 0.1) is 31.6 Å². The van der Waals surface area contributed by atoms with E-state index >= 15 is 0 Å². The fourth-order valence-electron chi connectivity index (χ4n) is 3.37. The molecule has 2 saturated heterocycles. The first kappa shape index (κ1) is 26.4. The molecule has 15 nitrogen and oxygen atoms in total. The first-order valence-electron chi connectivity index (χ1n) is 10.3. The molecule has 17 heteroatoms. The normalized spacial score (nSPS) is 25.5. The summed E-state index contributed by atoms with van der Waals surface area (Å²) in [5.74, 6) is -0.563. The van der Waals surface area contributed by atoms with Gasteiger partial charge in [0.15, 0.2) is 11.6 Å². The van der Waals surface area contributed by atoms with Crippen LogP contribution in [0.3, 0.4) is 0 Å². The lowest BCUT2D eigenvalue weighted by molar-refractivity contribution is -0.0270. The molecule has 35 heavy (non-hydrogen) atoms. The maximum atomic E-state index is 13.1. The number of anilines is 2. The van der Waals surface area contributed by atoms with Gasteiger partial charge in [-0.1, -0.05) is 5.11 Å². The molecule has 2 aliphatic rings. The predicted octanol–water partition coefficient (Wildman–Crippen LogP) is -0.362. The van der Waals surface area contributed by atoms with E-state index in [0.29, 0.717) is 17.7 Å². The molecule has 4 heterocycles. The molecule has 2 aromatic rings. The van der Waals surface area contributed by atoms with Crippen LogP contribution in [0.2, 0.25) is 0 Å². The topological polar surface area (TPSA) is 230 Å². The zero-order valence-corrected chi connectivity index (χ0v) is 19.3. The van der Waals surface area contributed by atoms with Crippen molar-refractivity contribution in [3.63, 3.8) is 0 Å². The summed E-state index contributed by atoms with van der Waals surface area (Å²) < 4.78 is 26.3. The van der Waals surface area contributed by atoms with Crippen molar-refractivity contribution in [2.24, 2.45) is 5.11 Å². The van der Waals surface area contributed by atoms with Crippen LogP contribution in [0.4, 0.5) is 16.0 Å². The number of hydrogen-bond donors (Lipinski definition) is 4. The van der Waals surface area contributed by atoms with E-state index in [0.717, 1.165) is 10.8 Å². The van der Waals surface area contributed by atoms with Crippen LogP contribution in [0, 0.1) is 12.7 Å². The van der Waals surface area contributed by atoms with Gasteiger partial charge in [0.1, 0.15) is 23.7 Å². The quantitative estimate of drug-likeness (QED) is 0.229. The molecular formula is C18H24FN9O6S. The number of rotatable bonds is 5. The molecule has 0 bridgehead atoms. The van der Waals surface area contributed by atoms with E-state index in [9.17, 15) is 14.0 Å². The standard InChI is InChI=1S/C10H14N6O3.C8H10FN3O3S/c1-5-3-16(10(18)13-9(5)11)8-2-6(14-15-12)7(4-17)19-8;9-4-1-12(8(14)11-7(4)10)5-3-16-6(2-13)15-5/h3,6-8,17H,2,4H2,1H3,(H2,11,13,18);1,5-6,13H,2-3H2,(H2,10,11,14)/t6-,7+,8+;5-,6+/m01/s1. The van der Waals surface area contributed by atoms with Gasteiger partial charge in [-0.2, -0.15) is 9.97 Å². The van der Waals surface area contributed by atoms with Gasteiger partial charge in [-0.25, -0.2) is 14.0 Å². The Labute approximate surface area is 201 Å². The number of aliphatic hydroxyl groups excluding tert-OH is 2. The summed E-state index contributed by atoms with van der Waals surface area (Å²) in [6.07, 6.45) is 0.966. The summed E-state index contributed by atoms with van der Waals surface area (Å²) in [6.45, 7) is 1.29. The zero-order valence-electron chi connectivity index (χ0n) is 18.5. The van der Waals surface area contributed by atoms with Gasteiger partial charge < -0.3 is 31.2 Å². The Bertz CT molecular complexity index is 1220. The minimum absolute atomic E-state index is 0.152. The molecule has 0 unspecified atom stereocenters. The monoisotopic (exact) mass is 513 g/mol. The van der Waals surface area contributed by atoms with Crippen molar-refractivity contribution >= 4 is 23.4 Å². The first-order valence-corrected chi connectivity index (χ1v) is 11.3. The third kappa shape index (κ3) is 6.08. The lowest BCUT2D eigenvalue weighted by Gasteiger charge is -2.15. The molecule has 190 valence electrons. The predicted molar refractivity (Wildman–Crippen MR) is 123 cm³/mol. The van der Waals surface area contributed by atoms with Crippen molar-refractivity contribution < 1.29 is 24.1 Å². The van der Waals surface area contributed by atoms with Crippen molar-refractivity contribution in [2.45, 2.75) is 43.4 Å². The summed E-state index contributed by atoms with van der Waals surface area (Å²) in [7, 11) is 0. The highest BCUT2D eigenvalue weighted by Gasteiger charge is 2.36. The van der Waals surface area contributed by atoms with Gasteiger partial charge in [-0.05, 0) is 12.5 Å². The number of aliphatic hydroxyl groups is 2. The highest BCUT2D eigenvalue weighted by Crippen LogP contribution is 2.31. The molecule has 2 aromatic heterocycles. The molecule has 0 aromatic carbocycles. The number of aromatic nitrogens is 4. The Kier molecular flexibility index (Phi) is 8.66. The summed E-state index contributed by atoms with van der Waals surface area (Å²) in [5, 5.41) is 21.6. The number of ether oxygens (including phenoxy) is 2. The van der Waals surface area contributed by atoms with Gasteiger partial charge >= 0.3 is 11.4 Å². The third-order valence-corrected chi connectivity index (χ3v) is 6.30. The summed E-state index contributed by atoms with van der Waals surface area (Å²) in [5.41, 5.74) is 18.2. The Balaban J connectivity index is 0.000000198. The molecule has 4 rings (SSSR count). The Morgan fingerprint density at radius 1 is 1.17 bits per heavy atom. The maximum absolute atomic E-state index is 13.1. The van der Waals surface area contributed by atoms with Crippen molar-refractivity contribution in [3.8, 4) is 0 Å². The number of halogens is 1. The maximum Gasteiger partial charge on any atom is 0.351 e. The van der Waals surface area contributed by atoms with Crippen molar-refractivity contribution in [2.75, 3.05) is 30.4 Å². The molecule has 0 saturated carbocycles. The fraction of sp³-hybridized carbons (Fsp3) is 0.556. The van der Waals surface area contributed by atoms with E-state index in [-0.39, 0.29) is 19.0 Å². The van der Waals surface area contributed by atoms with E-state index in [4.69, 9.17) is 36.7 Å². The van der Waals surface area contributed by atoms with Crippen LogP contribution in [0.1, 0.15) is 24.4 Å². The van der Waals surface area contributed by atoms with Gasteiger partial charge in [0.2, 0.25) is 0 Å². The van der Waals surface area contributed by atoms with Crippen LogP contribution >= 0.6 is 11.8 Å². The molecular weight excluding hydrogens is 489 g/mol. The molecule has 5 atom stereocenters. The van der Waals surface area contributed by atoms with Crippen LogP contribution in [0.25, 0.3) is 10.4 Å². The van der Waals surface area contributed by atoms with E-state index < -0.39 is 53.1 Å². The second-order valence-electron chi connectivity index (χ2n) is 7.52. The second-order valence-corrected chi connectivity index (χ2v) is 8.71. The average molecular weight is 514 g/mol. The Morgan fingerprint density at radius 2 is 1.83 bits per heavy atom. The van der Waals surface area contributed by atoms with Crippen LogP contribution in [-0.4, -0.2) is 65.9 Å². The number of azide groups is 1. The number of aryl methyl sites for hydroxylation is 1. The molecule has 2 aliphatic heterocycles. The van der Waals surface area contributed by atoms with E-state index in [1.54, 1.807) is 13.1 Å². The number of nitrogens with zero attached hydrogens (tertiary/aromatic N) is 7. The van der Waals surface area contributed by atoms with Crippen molar-refractivity contribution in [1.29, 1.82) is 0 Å². The molecule has 2 fully saturated rings. The largest absolute Gasteiger partial charge is 0.394 e. The van der Waals surface area contributed by atoms with Gasteiger partial charge in [0.25, 0.3) is 0 Å². The summed E-state index contributed by atoms with van der Waals surface area (Å²) in [4.78, 5) is 32.9. The molecule has 6 N–H and O–H groups in total. The highest BCUT2D eigenvalue weighted by molar-refractivity contribution is 8.00. The van der Waals surface area contributed by atoms with Gasteiger partial charge in [-0.15, -0.1) is 11.8 Å². The number of thioether (sulfide) groups is 1. The SMILES string of the molecule is Cc1cn([C@H]2C[C@H](N=[N+]=[N-])[C@@H](CO)O2)c(=O)nc1N.Nc1nc(=O)n([C@H]2CS[C@@H](CO)O2)cc1F. The number of nitrogen functional groups attached to an aromatic ring is 2. The molecule has 0 spiro atoms. The highest BCUT2D eigenvalue weighted by atomic mass is 32.2. The van der Waals surface area contributed by atoms with Crippen LogP contribution in [0.5, 0.6) is 0 Å². The molecule has 0 amide bonds. The second kappa shape index (κ2) is 11.5. The van der Waals surface area contributed by atoms with Gasteiger partial charge in [0, 0.05) is 28.8 Å². The molecule has 0 radical (unpaired) electrons. The zero-order chi connectivity index (χ0) is 25.7. The van der Waals surface area contributed by atoms with Gasteiger partial charge in [-0.3, -0.25) is 9.13 Å². The summed E-state index contributed by atoms with van der Waals surface area (Å²) in [6, 6.07) is -0.509. The Morgan fingerprint density at radius 3 is 2.43 bits per heavy atom. The van der Waals surface area contributed by atoms with E-state index in [1.807, 2.05) is 0 Å². The third-order valence-electron chi connectivity index (χ3n) is 5.20. The van der Waals surface area contributed by atoms with Crippen LogP contribution < -0.4 is 22.8 Å². The minimum Gasteiger partial charge on any atom is -0.394 e. The van der Waals surface area contributed by atoms with E-state index in [2.05, 4.69) is 20.0 Å². The van der Waals surface area contributed by atoms with Crippen LogP contribution in [0.15, 0.2) is 27.1 Å². The minimum atomic E-state index is -0.763. The van der Waals surface area contributed by atoms with E-state index in [1.165, 1.54) is 16.3 Å². The smallest absolute Gasteiger partial charge is 0.351 e. The van der Waals surface area contributed by atoms with Crippen molar-refractivity contribution in [1.82, 2.24) is 19.1 Å². The molecule has 0 aliphatic carbocycles. The first-order chi connectivity index (χ1) is 16.7. The number of nitrogens with two attached hydrogens (primary N) is 2. The lowest BCUT2D eigenvalue weighted by Crippen LogP contribution is -2.29. The lowest BCUT2D eigenvalue weighted by atomic mass is 10.1. The average Bonchev–Trinajstić information content (AvgIpc) is 3.46. The summed E-state index contributed by atoms with van der Waals surface area (Å²) >= 11 is 1.35. The van der Waals surface area contributed by atoms with Crippen LogP contribution in [-0.2, 0) is 9.47 Å².